The third-order valence-electron chi connectivity index (χ3n) is 3.67. The SMILES string of the molecule is CC(C)(CCc1ccc(N)cc1)[Si](C)(C)O. The van der Waals surface area contributed by atoms with E-state index in [9.17, 15) is 4.80 Å². The van der Waals surface area contributed by atoms with Crippen molar-refractivity contribution >= 4 is 14.0 Å². The van der Waals surface area contributed by atoms with E-state index >= 15 is 0 Å². The molecule has 3 N–H and O–H groups in total. The average molecular weight is 237 g/mol. The van der Waals surface area contributed by atoms with E-state index in [0.717, 1.165) is 18.5 Å². The lowest BCUT2D eigenvalue weighted by Crippen LogP contribution is -2.39. The number of nitrogens with two attached hydrogens (primary N) is 1. The highest BCUT2D eigenvalue weighted by molar-refractivity contribution is 6.72. The standard InChI is InChI=1S/C13H23NOSi/c1-13(2,16(3,4)15)10-9-11-5-7-12(14)8-6-11/h5-8,15H,9-10,14H2,1-4H3. The zero-order valence-corrected chi connectivity index (χ0v) is 11.7. The van der Waals surface area contributed by atoms with Crippen LogP contribution in [0.2, 0.25) is 18.1 Å². The van der Waals surface area contributed by atoms with Gasteiger partial charge in [0.2, 0.25) is 0 Å². The Morgan fingerprint density at radius 2 is 1.69 bits per heavy atom. The van der Waals surface area contributed by atoms with Crippen LogP contribution in [0.1, 0.15) is 25.8 Å². The van der Waals surface area contributed by atoms with Crippen molar-refractivity contribution in [2.75, 3.05) is 5.73 Å². The first-order valence-corrected chi connectivity index (χ1v) is 8.74. The van der Waals surface area contributed by atoms with E-state index in [1.807, 2.05) is 25.2 Å². The molecule has 16 heavy (non-hydrogen) atoms. The van der Waals surface area contributed by atoms with E-state index in [-0.39, 0.29) is 5.04 Å². The molecule has 0 aliphatic rings. The van der Waals surface area contributed by atoms with Gasteiger partial charge in [-0.3, -0.25) is 0 Å². The molecule has 1 rings (SSSR count). The minimum absolute atomic E-state index is 0.0500. The Morgan fingerprint density at radius 1 is 1.19 bits per heavy atom. The molecular formula is C13H23NOSi. The molecule has 0 saturated carbocycles. The van der Waals surface area contributed by atoms with Gasteiger partial charge in [-0.1, -0.05) is 26.0 Å². The molecule has 0 spiro atoms. The van der Waals surface area contributed by atoms with Gasteiger partial charge in [0.15, 0.2) is 8.32 Å². The summed E-state index contributed by atoms with van der Waals surface area (Å²) in [6.45, 7) is 8.35. The summed E-state index contributed by atoms with van der Waals surface area (Å²) >= 11 is 0. The highest BCUT2D eigenvalue weighted by atomic mass is 28.4. The maximum absolute atomic E-state index is 10.2. The molecule has 90 valence electrons. The molecule has 0 amide bonds. The first-order chi connectivity index (χ1) is 7.22. The molecule has 2 nitrogen and oxygen atoms in total. The Balaban J connectivity index is 2.61. The van der Waals surface area contributed by atoms with Gasteiger partial charge in [0.05, 0.1) is 0 Å². The van der Waals surface area contributed by atoms with Gasteiger partial charge in [-0.05, 0) is 48.7 Å². The van der Waals surface area contributed by atoms with E-state index in [0.29, 0.717) is 0 Å². The summed E-state index contributed by atoms with van der Waals surface area (Å²) in [4.78, 5) is 10.2. The summed E-state index contributed by atoms with van der Waals surface area (Å²) in [5.41, 5.74) is 7.74. The fourth-order valence-electron chi connectivity index (χ4n) is 1.45. The maximum atomic E-state index is 10.2. The molecule has 0 radical (unpaired) electrons. The fourth-order valence-corrected chi connectivity index (χ4v) is 2.18. The lowest BCUT2D eigenvalue weighted by atomic mass is 10.0. The third kappa shape index (κ3) is 3.35. The van der Waals surface area contributed by atoms with Crippen molar-refractivity contribution in [3.63, 3.8) is 0 Å². The Hall–Kier alpha value is -0.803. The Morgan fingerprint density at radius 3 is 2.12 bits per heavy atom. The van der Waals surface area contributed by atoms with Crippen molar-refractivity contribution in [1.82, 2.24) is 0 Å². The summed E-state index contributed by atoms with van der Waals surface area (Å²) in [5, 5.41) is 0.0500. The fraction of sp³-hybridized carbons (Fsp3) is 0.538. The van der Waals surface area contributed by atoms with Crippen LogP contribution in [0.3, 0.4) is 0 Å². The Labute approximate surface area is 99.6 Å². The normalized spacial score (nSPS) is 12.8. The van der Waals surface area contributed by atoms with Crippen LogP contribution in [0, 0.1) is 0 Å². The van der Waals surface area contributed by atoms with Crippen LogP contribution in [0.5, 0.6) is 0 Å². The molecule has 0 aliphatic carbocycles. The highest BCUT2D eigenvalue weighted by Crippen LogP contribution is 2.39. The van der Waals surface area contributed by atoms with Crippen molar-refractivity contribution < 1.29 is 4.80 Å². The quantitative estimate of drug-likeness (QED) is 0.624. The van der Waals surface area contributed by atoms with Crippen LogP contribution in [0.15, 0.2) is 24.3 Å². The van der Waals surface area contributed by atoms with Crippen LogP contribution < -0.4 is 5.73 Å². The molecule has 0 heterocycles. The molecule has 0 bridgehead atoms. The Bertz CT molecular complexity index is 338. The van der Waals surface area contributed by atoms with E-state index in [1.165, 1.54) is 5.56 Å². The predicted octanol–water partition coefficient (Wildman–Crippen LogP) is 3.18. The molecule has 3 heteroatoms. The Kier molecular flexibility index (Phi) is 3.81. The number of hydrogen-bond donors (Lipinski definition) is 2. The van der Waals surface area contributed by atoms with Gasteiger partial charge in [-0.15, -0.1) is 0 Å². The smallest absolute Gasteiger partial charge is 0.188 e. The van der Waals surface area contributed by atoms with Gasteiger partial charge in [-0.2, -0.15) is 0 Å². The van der Waals surface area contributed by atoms with Crippen molar-refractivity contribution in [2.45, 2.75) is 44.8 Å². The van der Waals surface area contributed by atoms with Gasteiger partial charge in [0, 0.05) is 5.69 Å². The minimum Gasteiger partial charge on any atom is -0.432 e. The topological polar surface area (TPSA) is 46.2 Å². The van der Waals surface area contributed by atoms with Crippen molar-refractivity contribution in [3.8, 4) is 0 Å². The number of rotatable bonds is 4. The summed E-state index contributed by atoms with van der Waals surface area (Å²) < 4.78 is 0. The monoisotopic (exact) mass is 237 g/mol. The number of anilines is 1. The summed E-state index contributed by atoms with van der Waals surface area (Å²) in [5.74, 6) is 0. The maximum Gasteiger partial charge on any atom is 0.188 e. The van der Waals surface area contributed by atoms with Crippen LogP contribution in [0.25, 0.3) is 0 Å². The average Bonchev–Trinajstić information content (AvgIpc) is 2.15. The zero-order chi connectivity index (χ0) is 12.4. The van der Waals surface area contributed by atoms with Crippen LogP contribution in [-0.2, 0) is 6.42 Å². The van der Waals surface area contributed by atoms with Crippen molar-refractivity contribution in [1.29, 1.82) is 0 Å². The second kappa shape index (κ2) is 4.59. The molecule has 1 aromatic rings. The third-order valence-corrected chi connectivity index (χ3v) is 7.24. The first kappa shape index (κ1) is 13.3. The number of benzene rings is 1. The number of aryl methyl sites for hydroxylation is 1. The van der Waals surface area contributed by atoms with Gasteiger partial charge < -0.3 is 10.5 Å². The number of nitrogen functional groups attached to an aromatic ring is 1. The molecular weight excluding hydrogens is 214 g/mol. The van der Waals surface area contributed by atoms with Gasteiger partial charge >= 0.3 is 0 Å². The van der Waals surface area contributed by atoms with E-state index in [1.54, 1.807) is 0 Å². The van der Waals surface area contributed by atoms with E-state index in [2.05, 4.69) is 26.0 Å². The summed E-state index contributed by atoms with van der Waals surface area (Å²) in [6.07, 6.45) is 2.02. The molecule has 0 aliphatic heterocycles. The number of hydrogen-bond acceptors (Lipinski definition) is 2. The second-order valence-electron chi connectivity index (χ2n) is 5.68. The minimum atomic E-state index is -2.07. The predicted molar refractivity (Wildman–Crippen MR) is 72.9 cm³/mol. The van der Waals surface area contributed by atoms with Crippen molar-refractivity contribution in [2.24, 2.45) is 0 Å². The molecule has 0 atom stereocenters. The van der Waals surface area contributed by atoms with E-state index in [4.69, 9.17) is 5.73 Å². The summed E-state index contributed by atoms with van der Waals surface area (Å²) in [7, 11) is -2.07. The van der Waals surface area contributed by atoms with Crippen LogP contribution in [0.4, 0.5) is 5.69 Å². The largest absolute Gasteiger partial charge is 0.432 e. The van der Waals surface area contributed by atoms with Crippen LogP contribution in [-0.4, -0.2) is 13.1 Å². The van der Waals surface area contributed by atoms with Crippen LogP contribution >= 0.6 is 0 Å². The molecule has 0 fully saturated rings. The molecule has 0 saturated heterocycles. The lowest BCUT2D eigenvalue weighted by molar-refractivity contribution is 0.451. The van der Waals surface area contributed by atoms with E-state index < -0.39 is 8.32 Å². The molecule has 0 unspecified atom stereocenters. The second-order valence-corrected chi connectivity index (χ2v) is 10.2. The highest BCUT2D eigenvalue weighted by Gasteiger charge is 2.37. The van der Waals surface area contributed by atoms with Gasteiger partial charge in [-0.25, -0.2) is 0 Å². The lowest BCUT2D eigenvalue weighted by Gasteiger charge is -2.35. The van der Waals surface area contributed by atoms with Gasteiger partial charge in [0.1, 0.15) is 0 Å². The molecule has 0 aromatic heterocycles. The van der Waals surface area contributed by atoms with Crippen molar-refractivity contribution in [3.05, 3.63) is 29.8 Å². The molecule has 1 aromatic carbocycles. The summed E-state index contributed by atoms with van der Waals surface area (Å²) in [6, 6.07) is 8.00. The first-order valence-electron chi connectivity index (χ1n) is 5.79. The zero-order valence-electron chi connectivity index (χ0n) is 10.7. The van der Waals surface area contributed by atoms with Gasteiger partial charge in [0.25, 0.3) is 0 Å².